The van der Waals surface area contributed by atoms with Crippen molar-refractivity contribution in [2.45, 2.75) is 0 Å². The fourth-order valence-corrected chi connectivity index (χ4v) is 2.42. The SMILES string of the molecule is COc1cc(NC(=O)c2ccsc2)c(Cl)cc1C(=O)O. The minimum Gasteiger partial charge on any atom is -0.496 e. The number of anilines is 1. The number of carbonyl (C=O) groups excluding carboxylic acids is 1. The van der Waals surface area contributed by atoms with E-state index in [-0.39, 0.29) is 22.2 Å². The van der Waals surface area contributed by atoms with Crippen molar-refractivity contribution < 1.29 is 19.4 Å². The molecule has 0 saturated heterocycles. The number of carboxylic acids is 1. The Kier molecular flexibility index (Phi) is 4.26. The molecule has 0 atom stereocenters. The predicted molar refractivity (Wildman–Crippen MR) is 77.2 cm³/mol. The van der Waals surface area contributed by atoms with Crippen LogP contribution in [0.3, 0.4) is 0 Å². The molecule has 1 heterocycles. The van der Waals surface area contributed by atoms with Crippen LogP contribution in [0.1, 0.15) is 20.7 Å². The molecule has 7 heteroatoms. The number of methoxy groups -OCH3 is 1. The number of carboxylic acid groups (broad SMARTS) is 1. The zero-order valence-electron chi connectivity index (χ0n) is 10.3. The van der Waals surface area contributed by atoms with Gasteiger partial charge in [-0.2, -0.15) is 11.3 Å². The molecule has 104 valence electrons. The van der Waals surface area contributed by atoms with E-state index in [1.165, 1.54) is 30.6 Å². The second-order valence-corrected chi connectivity index (χ2v) is 4.99. The number of rotatable bonds is 4. The van der Waals surface area contributed by atoms with E-state index in [9.17, 15) is 9.59 Å². The number of thiophene rings is 1. The van der Waals surface area contributed by atoms with Gasteiger partial charge in [-0.3, -0.25) is 4.79 Å². The summed E-state index contributed by atoms with van der Waals surface area (Å²) in [5.74, 6) is -1.35. The summed E-state index contributed by atoms with van der Waals surface area (Å²) in [5, 5.41) is 15.3. The minimum absolute atomic E-state index is 0.0639. The van der Waals surface area contributed by atoms with Crippen molar-refractivity contribution in [2.75, 3.05) is 12.4 Å². The van der Waals surface area contributed by atoms with Crippen molar-refractivity contribution in [3.05, 3.63) is 45.1 Å². The van der Waals surface area contributed by atoms with E-state index in [1.54, 1.807) is 16.8 Å². The van der Waals surface area contributed by atoms with Crippen molar-refractivity contribution in [2.24, 2.45) is 0 Å². The summed E-state index contributed by atoms with van der Waals surface area (Å²) in [7, 11) is 1.35. The smallest absolute Gasteiger partial charge is 0.339 e. The second kappa shape index (κ2) is 5.94. The first-order valence-corrected chi connectivity index (χ1v) is 6.79. The number of benzene rings is 1. The first kappa shape index (κ1) is 14.4. The highest BCUT2D eigenvalue weighted by Gasteiger charge is 2.16. The zero-order valence-corrected chi connectivity index (χ0v) is 11.9. The van der Waals surface area contributed by atoms with Crippen molar-refractivity contribution in [3.63, 3.8) is 0 Å². The number of carbonyl (C=O) groups is 2. The molecule has 0 aliphatic heterocycles. The molecule has 1 aromatic heterocycles. The summed E-state index contributed by atoms with van der Waals surface area (Å²) in [5.41, 5.74) is 0.739. The lowest BCUT2D eigenvalue weighted by Crippen LogP contribution is -2.12. The van der Waals surface area contributed by atoms with Crippen molar-refractivity contribution >= 4 is 40.5 Å². The third kappa shape index (κ3) is 2.92. The minimum atomic E-state index is -1.15. The van der Waals surface area contributed by atoms with Gasteiger partial charge in [0.25, 0.3) is 5.91 Å². The zero-order chi connectivity index (χ0) is 14.7. The van der Waals surface area contributed by atoms with Gasteiger partial charge in [0.05, 0.1) is 23.4 Å². The van der Waals surface area contributed by atoms with E-state index in [0.29, 0.717) is 11.3 Å². The Morgan fingerprint density at radius 2 is 2.15 bits per heavy atom. The Hall–Kier alpha value is -2.05. The summed E-state index contributed by atoms with van der Waals surface area (Å²) in [6.07, 6.45) is 0. The van der Waals surface area contributed by atoms with Gasteiger partial charge in [-0.1, -0.05) is 11.6 Å². The Bertz CT molecular complexity index is 655. The molecule has 2 N–H and O–H groups in total. The predicted octanol–water partition coefficient (Wildman–Crippen LogP) is 3.36. The Balaban J connectivity index is 2.33. The van der Waals surface area contributed by atoms with Gasteiger partial charge in [0, 0.05) is 11.4 Å². The maximum Gasteiger partial charge on any atom is 0.339 e. The summed E-state index contributed by atoms with van der Waals surface area (Å²) in [4.78, 5) is 23.0. The molecule has 0 spiro atoms. The molecule has 0 aliphatic rings. The summed E-state index contributed by atoms with van der Waals surface area (Å²) < 4.78 is 4.99. The highest BCUT2D eigenvalue weighted by atomic mass is 35.5. The van der Waals surface area contributed by atoms with E-state index in [2.05, 4.69) is 5.32 Å². The Morgan fingerprint density at radius 3 is 2.70 bits per heavy atom. The Morgan fingerprint density at radius 1 is 1.40 bits per heavy atom. The molecule has 1 amide bonds. The Labute approximate surface area is 123 Å². The highest BCUT2D eigenvalue weighted by Crippen LogP contribution is 2.31. The average Bonchev–Trinajstić information content (AvgIpc) is 2.94. The molecule has 1 aromatic carbocycles. The van der Waals surface area contributed by atoms with Crippen LogP contribution in [0, 0.1) is 0 Å². The standard InChI is InChI=1S/C13H10ClNO4S/c1-19-11-5-10(9(14)4-8(11)13(17)18)15-12(16)7-2-3-20-6-7/h2-6H,1H3,(H,15,16)(H,17,18). The van der Waals surface area contributed by atoms with Gasteiger partial charge in [0.15, 0.2) is 0 Å². The quantitative estimate of drug-likeness (QED) is 0.907. The fraction of sp³-hybridized carbons (Fsp3) is 0.0769. The monoisotopic (exact) mass is 311 g/mol. The third-order valence-corrected chi connectivity index (χ3v) is 3.55. The normalized spacial score (nSPS) is 10.1. The van der Waals surface area contributed by atoms with E-state index in [4.69, 9.17) is 21.4 Å². The molecule has 0 bridgehead atoms. The molecule has 2 aromatic rings. The molecule has 0 radical (unpaired) electrons. The number of nitrogens with one attached hydrogen (secondary N) is 1. The molecule has 20 heavy (non-hydrogen) atoms. The first-order chi connectivity index (χ1) is 9.52. The topological polar surface area (TPSA) is 75.6 Å². The number of hydrogen-bond acceptors (Lipinski definition) is 4. The van der Waals surface area contributed by atoms with Crippen LogP contribution in [0.15, 0.2) is 29.0 Å². The van der Waals surface area contributed by atoms with Gasteiger partial charge in [0.1, 0.15) is 11.3 Å². The van der Waals surface area contributed by atoms with Crippen LogP contribution in [-0.2, 0) is 0 Å². The van der Waals surface area contributed by atoms with Gasteiger partial charge < -0.3 is 15.2 Å². The molecule has 0 saturated carbocycles. The number of aromatic carboxylic acids is 1. The lowest BCUT2D eigenvalue weighted by molar-refractivity contribution is 0.0693. The van der Waals surface area contributed by atoms with Crippen LogP contribution < -0.4 is 10.1 Å². The maximum absolute atomic E-state index is 11.9. The lowest BCUT2D eigenvalue weighted by atomic mass is 10.1. The van der Waals surface area contributed by atoms with Crippen molar-refractivity contribution in [1.29, 1.82) is 0 Å². The number of hydrogen-bond donors (Lipinski definition) is 2. The van der Waals surface area contributed by atoms with E-state index < -0.39 is 5.97 Å². The van der Waals surface area contributed by atoms with Crippen LogP contribution in [0.25, 0.3) is 0 Å². The molecule has 0 fully saturated rings. The molecule has 5 nitrogen and oxygen atoms in total. The summed E-state index contributed by atoms with van der Waals surface area (Å²) in [6, 6.07) is 4.30. The first-order valence-electron chi connectivity index (χ1n) is 5.47. The molecular weight excluding hydrogens is 302 g/mol. The third-order valence-electron chi connectivity index (χ3n) is 2.55. The van der Waals surface area contributed by atoms with Crippen LogP contribution in [0.4, 0.5) is 5.69 Å². The second-order valence-electron chi connectivity index (χ2n) is 3.80. The van der Waals surface area contributed by atoms with Gasteiger partial charge in [0.2, 0.25) is 0 Å². The fourth-order valence-electron chi connectivity index (χ4n) is 1.57. The highest BCUT2D eigenvalue weighted by molar-refractivity contribution is 7.08. The lowest BCUT2D eigenvalue weighted by Gasteiger charge is -2.11. The van der Waals surface area contributed by atoms with Crippen molar-refractivity contribution in [1.82, 2.24) is 0 Å². The van der Waals surface area contributed by atoms with Gasteiger partial charge in [-0.05, 0) is 17.5 Å². The number of halogens is 1. The maximum atomic E-state index is 11.9. The molecule has 0 aliphatic carbocycles. The van der Waals surface area contributed by atoms with Crippen LogP contribution >= 0.6 is 22.9 Å². The van der Waals surface area contributed by atoms with Crippen LogP contribution in [0.5, 0.6) is 5.75 Å². The molecular formula is C13H10ClNO4S. The summed E-state index contributed by atoms with van der Waals surface area (Å²) in [6.45, 7) is 0. The average molecular weight is 312 g/mol. The van der Waals surface area contributed by atoms with Gasteiger partial charge in [-0.15, -0.1) is 0 Å². The molecule has 2 rings (SSSR count). The number of amides is 1. The van der Waals surface area contributed by atoms with E-state index in [1.807, 2.05) is 0 Å². The molecule has 0 unspecified atom stereocenters. The number of ether oxygens (including phenoxy) is 1. The van der Waals surface area contributed by atoms with Crippen LogP contribution in [-0.4, -0.2) is 24.1 Å². The largest absolute Gasteiger partial charge is 0.496 e. The van der Waals surface area contributed by atoms with Crippen LogP contribution in [0.2, 0.25) is 5.02 Å². The van der Waals surface area contributed by atoms with Crippen molar-refractivity contribution in [3.8, 4) is 5.75 Å². The van der Waals surface area contributed by atoms with Gasteiger partial charge in [-0.25, -0.2) is 4.79 Å². The van der Waals surface area contributed by atoms with E-state index >= 15 is 0 Å². The van der Waals surface area contributed by atoms with E-state index in [0.717, 1.165) is 0 Å². The summed E-state index contributed by atoms with van der Waals surface area (Å²) >= 11 is 7.38. The van der Waals surface area contributed by atoms with Gasteiger partial charge >= 0.3 is 5.97 Å².